The maximum absolute atomic E-state index is 13.2. The van der Waals surface area contributed by atoms with Crippen LogP contribution in [0.4, 0.5) is 4.39 Å². The van der Waals surface area contributed by atoms with Crippen LogP contribution in [0.25, 0.3) is 0 Å². The highest BCUT2D eigenvalue weighted by molar-refractivity contribution is 9.08. The van der Waals surface area contributed by atoms with Crippen LogP contribution in [-0.2, 0) is 5.33 Å². The van der Waals surface area contributed by atoms with Gasteiger partial charge in [0, 0.05) is 25.8 Å². The monoisotopic (exact) mass is 318 g/mol. The molecule has 0 fully saturated rings. The first-order valence-electron chi connectivity index (χ1n) is 5.84. The molecule has 17 heavy (non-hydrogen) atoms. The topological polar surface area (TPSA) is 9.23 Å². The lowest BCUT2D eigenvalue weighted by Crippen LogP contribution is -2.27. The molecule has 0 spiro atoms. The van der Waals surface area contributed by atoms with E-state index in [2.05, 4.69) is 42.9 Å². The van der Waals surface area contributed by atoms with Crippen LogP contribution in [0.5, 0.6) is 5.75 Å². The van der Waals surface area contributed by atoms with Crippen molar-refractivity contribution < 1.29 is 9.13 Å². The van der Waals surface area contributed by atoms with Crippen LogP contribution >= 0.6 is 15.9 Å². The van der Waals surface area contributed by atoms with E-state index in [4.69, 9.17) is 4.74 Å². The molecule has 0 saturated carbocycles. The zero-order chi connectivity index (χ0) is 13.1. The molecule has 0 atom stereocenters. The van der Waals surface area contributed by atoms with Gasteiger partial charge in [-0.3, -0.25) is 0 Å². The minimum absolute atomic E-state index is 0.218. The Hall–Kier alpha value is -0.353. The van der Waals surface area contributed by atoms with Gasteiger partial charge < -0.3 is 4.74 Å². The Bertz CT molecular complexity index is 380. The van der Waals surface area contributed by atoms with Crippen molar-refractivity contribution in [3.8, 4) is 5.75 Å². The van der Waals surface area contributed by atoms with Crippen LogP contribution in [-0.4, -0.2) is 15.4 Å². The highest BCUT2D eigenvalue weighted by Gasteiger charge is 2.24. The van der Waals surface area contributed by atoms with E-state index in [1.165, 1.54) is 12.1 Å². The van der Waals surface area contributed by atoms with Gasteiger partial charge in [0.2, 0.25) is 0 Å². The molecule has 0 unspecified atom stereocenters. The molecule has 0 aromatic heterocycles. The van der Waals surface area contributed by atoms with Gasteiger partial charge in [0.25, 0.3) is 0 Å². The molecule has 0 saturated heterocycles. The van der Waals surface area contributed by atoms with Crippen LogP contribution in [0.1, 0.15) is 19.4 Å². The van der Waals surface area contributed by atoms with Crippen molar-refractivity contribution in [3.05, 3.63) is 29.6 Å². The third kappa shape index (κ3) is 4.10. The number of ether oxygens (including phenoxy) is 1. The molecule has 0 aliphatic carbocycles. The quantitative estimate of drug-likeness (QED) is 0.578. The van der Waals surface area contributed by atoms with Gasteiger partial charge >= 0.3 is 0 Å². The van der Waals surface area contributed by atoms with Gasteiger partial charge in [-0.05, 0) is 11.1 Å². The minimum atomic E-state index is -0.788. The second-order valence-electron chi connectivity index (χ2n) is 5.32. The zero-order valence-corrected chi connectivity index (χ0v) is 13.6. The predicted octanol–water partition coefficient (Wildman–Crippen LogP) is 4.37. The summed E-state index contributed by atoms with van der Waals surface area (Å²) in [7, 11) is -0.788. The number of alkyl halides is 1. The molecule has 1 nitrogen and oxygen atoms in total. The number of hydrogen-bond donors (Lipinski definition) is 0. The van der Waals surface area contributed by atoms with E-state index in [0.29, 0.717) is 17.7 Å². The highest BCUT2D eigenvalue weighted by Crippen LogP contribution is 2.31. The Morgan fingerprint density at radius 2 is 2.00 bits per heavy atom. The summed E-state index contributed by atoms with van der Waals surface area (Å²) in [6.07, 6.45) is 0. The molecule has 0 heterocycles. The summed E-state index contributed by atoms with van der Waals surface area (Å²) in [4.78, 5) is 0. The third-order valence-corrected chi connectivity index (χ3v) is 7.23. The Balaban J connectivity index is 2.78. The zero-order valence-electron chi connectivity index (χ0n) is 10.9. The van der Waals surface area contributed by atoms with E-state index >= 15 is 0 Å². The van der Waals surface area contributed by atoms with Crippen LogP contribution in [0.2, 0.25) is 18.1 Å². The predicted molar refractivity (Wildman–Crippen MR) is 77.4 cm³/mol. The minimum Gasteiger partial charge on any atom is -0.493 e. The van der Waals surface area contributed by atoms with Gasteiger partial charge in [0.1, 0.15) is 11.6 Å². The second-order valence-corrected chi connectivity index (χ2v) is 9.75. The molecule has 0 aliphatic rings. The number of benzene rings is 1. The van der Waals surface area contributed by atoms with E-state index in [-0.39, 0.29) is 10.9 Å². The molecule has 96 valence electrons. The Kier molecular flexibility index (Phi) is 5.19. The summed E-state index contributed by atoms with van der Waals surface area (Å²) in [6, 6.07) is 4.69. The lowest BCUT2D eigenvalue weighted by atomic mass is 10.2. The number of rotatable bonds is 5. The number of halogens is 2. The van der Waals surface area contributed by atoms with E-state index in [9.17, 15) is 4.39 Å². The fraction of sp³-hybridized carbons (Fsp3) is 0.538. The van der Waals surface area contributed by atoms with E-state index in [1.54, 1.807) is 6.07 Å². The second kappa shape index (κ2) is 6.00. The van der Waals surface area contributed by atoms with Crippen LogP contribution in [0.15, 0.2) is 18.2 Å². The third-order valence-electron chi connectivity index (χ3n) is 3.34. The average Bonchev–Trinajstić information content (AvgIpc) is 2.26. The molecule has 1 aromatic rings. The first-order chi connectivity index (χ1) is 7.86. The van der Waals surface area contributed by atoms with Crippen LogP contribution in [0, 0.1) is 5.82 Å². The van der Waals surface area contributed by atoms with Crippen molar-refractivity contribution in [1.29, 1.82) is 0 Å². The molecule has 0 radical (unpaired) electrons. The van der Waals surface area contributed by atoms with Gasteiger partial charge in [0.15, 0.2) is 0 Å². The molecular formula is C13H20BrFOSi. The lowest BCUT2D eigenvalue weighted by molar-refractivity contribution is 0.273. The Labute approximate surface area is 113 Å². The summed E-state index contributed by atoms with van der Waals surface area (Å²) in [6.45, 7) is 9.70. The van der Waals surface area contributed by atoms with Crippen molar-refractivity contribution in [2.75, 3.05) is 6.61 Å². The maximum atomic E-state index is 13.2. The van der Waals surface area contributed by atoms with Gasteiger partial charge in [-0.2, -0.15) is 0 Å². The normalized spacial score (nSPS) is 11.9. The standard InChI is InChI=1S/C13H20BrFOSi/c1-13(2,17(3)4)9-16-12-7-11(15)6-5-10(12)8-14/h5-7,17H,8-9H2,1-4H3. The van der Waals surface area contributed by atoms with Crippen molar-refractivity contribution in [3.63, 3.8) is 0 Å². The molecule has 0 amide bonds. The maximum Gasteiger partial charge on any atom is 0.126 e. The van der Waals surface area contributed by atoms with Crippen LogP contribution < -0.4 is 4.74 Å². The largest absolute Gasteiger partial charge is 0.493 e. The van der Waals surface area contributed by atoms with Crippen molar-refractivity contribution in [2.24, 2.45) is 0 Å². The molecule has 4 heteroatoms. The van der Waals surface area contributed by atoms with Crippen molar-refractivity contribution >= 4 is 24.7 Å². The summed E-state index contributed by atoms with van der Waals surface area (Å²) in [5.74, 6) is 0.411. The van der Waals surface area contributed by atoms with Crippen molar-refractivity contribution in [1.82, 2.24) is 0 Å². The summed E-state index contributed by atoms with van der Waals surface area (Å²) in [5.41, 5.74) is 0.993. The van der Waals surface area contributed by atoms with Gasteiger partial charge in [-0.25, -0.2) is 4.39 Å². The molecular weight excluding hydrogens is 299 g/mol. The van der Waals surface area contributed by atoms with Crippen molar-refractivity contribution in [2.45, 2.75) is 37.3 Å². The smallest absolute Gasteiger partial charge is 0.126 e. The average molecular weight is 319 g/mol. The van der Waals surface area contributed by atoms with E-state index in [1.807, 2.05) is 0 Å². The summed E-state index contributed by atoms with van der Waals surface area (Å²) >= 11 is 3.39. The molecule has 0 aliphatic heterocycles. The van der Waals surface area contributed by atoms with Gasteiger partial charge in [-0.1, -0.05) is 48.9 Å². The molecule has 0 N–H and O–H groups in total. The van der Waals surface area contributed by atoms with Crippen LogP contribution in [0.3, 0.4) is 0 Å². The lowest BCUT2D eigenvalue weighted by Gasteiger charge is -2.28. The first kappa shape index (κ1) is 14.7. The molecule has 0 bridgehead atoms. The Morgan fingerprint density at radius 3 is 2.53 bits per heavy atom. The summed E-state index contributed by atoms with van der Waals surface area (Å²) in [5, 5.41) is 0.901. The highest BCUT2D eigenvalue weighted by atomic mass is 79.9. The fourth-order valence-corrected chi connectivity index (χ4v) is 2.08. The Morgan fingerprint density at radius 1 is 1.35 bits per heavy atom. The first-order valence-corrected chi connectivity index (χ1v) is 9.85. The number of hydrogen-bond acceptors (Lipinski definition) is 1. The molecule has 1 rings (SSSR count). The summed E-state index contributed by atoms with van der Waals surface area (Å²) < 4.78 is 19.0. The van der Waals surface area contributed by atoms with Gasteiger partial charge in [-0.15, -0.1) is 0 Å². The van der Waals surface area contributed by atoms with E-state index in [0.717, 1.165) is 5.56 Å². The molecule has 1 aromatic carbocycles. The van der Waals surface area contributed by atoms with E-state index < -0.39 is 8.80 Å². The van der Waals surface area contributed by atoms with Gasteiger partial charge in [0.05, 0.1) is 6.61 Å². The SMILES string of the molecule is C[SiH](C)C(C)(C)COc1cc(F)ccc1CBr. The fourth-order valence-electron chi connectivity index (χ4n) is 1.20.